The number of imidazole rings is 1. The molecule has 0 atom stereocenters. The molecule has 5 rings (SSSR count). The van der Waals surface area contributed by atoms with Gasteiger partial charge in [-0.25, -0.2) is 18.2 Å². The van der Waals surface area contributed by atoms with E-state index < -0.39 is 29.6 Å². The van der Waals surface area contributed by atoms with Gasteiger partial charge in [-0.15, -0.1) is 0 Å². The molecule has 6 nitrogen and oxygen atoms in total. The lowest BCUT2D eigenvalue weighted by Crippen LogP contribution is -2.62. The number of fused-ring (bicyclic) bond motifs is 1. The molecule has 2 aliphatic rings. The lowest BCUT2D eigenvalue weighted by Gasteiger charge is -2.42. The third-order valence-corrected chi connectivity index (χ3v) is 6.07. The topological polar surface area (TPSA) is 59.6 Å². The molecule has 2 fully saturated rings. The van der Waals surface area contributed by atoms with Gasteiger partial charge in [-0.2, -0.15) is 0 Å². The van der Waals surface area contributed by atoms with Crippen LogP contribution in [0.4, 0.5) is 13.2 Å². The molecule has 3 aromatic rings. The summed E-state index contributed by atoms with van der Waals surface area (Å²) in [5.41, 5.74) is -1.34. The second-order valence-electron chi connectivity index (χ2n) is 8.21. The van der Waals surface area contributed by atoms with Crippen LogP contribution in [0.1, 0.15) is 24.6 Å². The number of hydrogen-bond acceptors (Lipinski definition) is 3. The Balaban J connectivity index is 1.55. The van der Waals surface area contributed by atoms with Crippen LogP contribution in [0.15, 0.2) is 35.4 Å². The predicted molar refractivity (Wildman–Crippen MR) is 108 cm³/mol. The average Bonchev–Trinajstić information content (AvgIpc) is 3.50. The van der Waals surface area contributed by atoms with Crippen molar-refractivity contribution in [1.29, 1.82) is 0 Å². The third-order valence-electron chi connectivity index (χ3n) is 5.78. The van der Waals surface area contributed by atoms with Gasteiger partial charge in [0.05, 0.1) is 18.1 Å². The number of rotatable bonds is 5. The van der Waals surface area contributed by atoms with E-state index in [1.807, 2.05) is 0 Å². The summed E-state index contributed by atoms with van der Waals surface area (Å²) >= 11 is 5.93. The molecule has 2 aromatic heterocycles. The van der Waals surface area contributed by atoms with E-state index in [9.17, 15) is 22.8 Å². The quantitative estimate of drug-likeness (QED) is 0.599. The van der Waals surface area contributed by atoms with E-state index in [0.29, 0.717) is 11.3 Å². The van der Waals surface area contributed by atoms with Gasteiger partial charge >= 0.3 is 0 Å². The van der Waals surface area contributed by atoms with E-state index in [0.717, 1.165) is 18.7 Å². The summed E-state index contributed by atoms with van der Waals surface area (Å²) in [4.78, 5) is 31.5. The SMILES string of the molecule is O=C(Cn1ccn2c(C3CC3)nc(-c3ccc(F)c(Cl)c3)c2c1=O)N1CC(F)(CF)C1. The summed E-state index contributed by atoms with van der Waals surface area (Å²) in [6.45, 7) is -2.09. The van der Waals surface area contributed by atoms with Crippen LogP contribution >= 0.6 is 11.6 Å². The van der Waals surface area contributed by atoms with Gasteiger partial charge in [-0.05, 0) is 31.0 Å². The zero-order valence-corrected chi connectivity index (χ0v) is 17.1. The molecule has 0 spiro atoms. The highest BCUT2D eigenvalue weighted by Gasteiger charge is 2.46. The van der Waals surface area contributed by atoms with Crippen molar-refractivity contribution < 1.29 is 18.0 Å². The number of benzene rings is 1. The molecule has 0 radical (unpaired) electrons. The summed E-state index contributed by atoms with van der Waals surface area (Å²) in [6.07, 6.45) is 5.06. The monoisotopic (exact) mass is 450 g/mol. The average molecular weight is 451 g/mol. The highest BCUT2D eigenvalue weighted by Crippen LogP contribution is 2.41. The first-order valence-corrected chi connectivity index (χ1v) is 10.3. The first-order valence-electron chi connectivity index (χ1n) is 9.89. The Morgan fingerprint density at radius 1 is 1.26 bits per heavy atom. The van der Waals surface area contributed by atoms with Crippen molar-refractivity contribution in [3.05, 3.63) is 57.6 Å². The molecule has 1 aliphatic heterocycles. The predicted octanol–water partition coefficient (Wildman–Crippen LogP) is 3.35. The van der Waals surface area contributed by atoms with Crippen molar-refractivity contribution in [3.63, 3.8) is 0 Å². The van der Waals surface area contributed by atoms with Gasteiger partial charge in [0, 0.05) is 23.9 Å². The fraction of sp³-hybridized carbons (Fsp3) is 0.381. The molecule has 1 aliphatic carbocycles. The lowest BCUT2D eigenvalue weighted by molar-refractivity contribution is -0.147. The summed E-state index contributed by atoms with van der Waals surface area (Å²) in [7, 11) is 0. The van der Waals surface area contributed by atoms with Crippen LogP contribution < -0.4 is 5.56 Å². The molecule has 1 aromatic carbocycles. The fourth-order valence-electron chi connectivity index (χ4n) is 3.90. The van der Waals surface area contributed by atoms with Crippen LogP contribution in [0.2, 0.25) is 5.02 Å². The van der Waals surface area contributed by atoms with Gasteiger partial charge in [-0.1, -0.05) is 11.6 Å². The van der Waals surface area contributed by atoms with E-state index in [4.69, 9.17) is 11.6 Å². The van der Waals surface area contributed by atoms with Crippen LogP contribution in [0.25, 0.3) is 16.8 Å². The minimum Gasteiger partial charge on any atom is -0.334 e. The number of hydrogen-bond donors (Lipinski definition) is 0. The number of carbonyl (C=O) groups excluding carboxylic acids is 1. The minimum absolute atomic E-state index is 0.0848. The second kappa shape index (κ2) is 7.12. The molecule has 162 valence electrons. The highest BCUT2D eigenvalue weighted by atomic mass is 35.5. The molecule has 31 heavy (non-hydrogen) atoms. The lowest BCUT2D eigenvalue weighted by atomic mass is 9.98. The van der Waals surface area contributed by atoms with Gasteiger partial charge in [-0.3, -0.25) is 14.0 Å². The first kappa shape index (κ1) is 20.1. The van der Waals surface area contributed by atoms with Gasteiger partial charge in [0.2, 0.25) is 5.91 Å². The van der Waals surface area contributed by atoms with Crippen molar-refractivity contribution in [2.24, 2.45) is 0 Å². The zero-order chi connectivity index (χ0) is 21.9. The molecule has 1 saturated heterocycles. The summed E-state index contributed by atoms with van der Waals surface area (Å²) in [5.74, 6) is -0.0879. The van der Waals surface area contributed by atoms with E-state index in [1.54, 1.807) is 10.6 Å². The van der Waals surface area contributed by atoms with E-state index in [2.05, 4.69) is 4.98 Å². The largest absolute Gasteiger partial charge is 0.334 e. The Morgan fingerprint density at radius 3 is 2.65 bits per heavy atom. The molecule has 0 unspecified atom stereocenters. The first-order chi connectivity index (χ1) is 14.8. The van der Waals surface area contributed by atoms with Crippen molar-refractivity contribution in [2.45, 2.75) is 31.0 Å². The second-order valence-corrected chi connectivity index (χ2v) is 8.61. The molecule has 1 saturated carbocycles. The number of amides is 1. The Hall–Kier alpha value is -2.81. The molecule has 0 bridgehead atoms. The number of aromatic nitrogens is 3. The number of carbonyl (C=O) groups is 1. The van der Waals surface area contributed by atoms with Crippen LogP contribution in [0.3, 0.4) is 0 Å². The Kier molecular flexibility index (Phi) is 4.62. The maximum atomic E-state index is 13.8. The zero-order valence-electron chi connectivity index (χ0n) is 16.3. The summed E-state index contributed by atoms with van der Waals surface area (Å²) in [6, 6.07) is 4.12. The maximum Gasteiger partial charge on any atom is 0.277 e. The molecule has 3 heterocycles. The van der Waals surface area contributed by atoms with Gasteiger partial charge in [0.25, 0.3) is 5.56 Å². The van der Waals surface area contributed by atoms with E-state index in [1.165, 1.54) is 33.9 Å². The Labute approximate surface area is 179 Å². The number of halogens is 4. The van der Waals surface area contributed by atoms with E-state index in [-0.39, 0.29) is 36.1 Å². The third kappa shape index (κ3) is 3.40. The summed E-state index contributed by atoms with van der Waals surface area (Å²) in [5, 5.41) is -0.0848. The van der Waals surface area contributed by atoms with Crippen molar-refractivity contribution in [3.8, 4) is 11.3 Å². The molecule has 10 heteroatoms. The fourth-order valence-corrected chi connectivity index (χ4v) is 4.08. The Bertz CT molecular complexity index is 1260. The maximum absolute atomic E-state index is 13.8. The normalized spacial score (nSPS) is 17.7. The van der Waals surface area contributed by atoms with Crippen molar-refractivity contribution in [1.82, 2.24) is 18.9 Å². The standard InChI is InChI=1S/C21H18ClF3N4O2/c22-14-7-13(3-4-15(14)24)17-18-20(31)27(5-6-29(18)19(26-17)12-1-2-12)8-16(30)28-10-21(25,9-23)11-28/h3-7,12H,1-2,8-11H2. The number of alkyl halides is 2. The number of nitrogens with zero attached hydrogens (tertiary/aromatic N) is 4. The van der Waals surface area contributed by atoms with Crippen molar-refractivity contribution >= 4 is 23.0 Å². The van der Waals surface area contributed by atoms with Crippen LogP contribution in [0, 0.1) is 5.82 Å². The molecular formula is C21H18ClF3N4O2. The smallest absolute Gasteiger partial charge is 0.277 e. The summed E-state index contributed by atoms with van der Waals surface area (Å²) < 4.78 is 43.0. The minimum atomic E-state index is -2.00. The van der Waals surface area contributed by atoms with Crippen molar-refractivity contribution in [2.75, 3.05) is 19.8 Å². The van der Waals surface area contributed by atoms with E-state index >= 15 is 0 Å². The Morgan fingerprint density at radius 2 is 2.00 bits per heavy atom. The van der Waals surface area contributed by atoms with Crippen LogP contribution in [-0.4, -0.2) is 50.2 Å². The van der Waals surface area contributed by atoms with Crippen LogP contribution in [-0.2, 0) is 11.3 Å². The molecule has 1 amide bonds. The van der Waals surface area contributed by atoms with Gasteiger partial charge in [0.1, 0.15) is 36.1 Å². The van der Waals surface area contributed by atoms with Gasteiger partial charge in [0.15, 0.2) is 5.67 Å². The number of likely N-dealkylation sites (tertiary alicyclic amines) is 1. The highest BCUT2D eigenvalue weighted by molar-refractivity contribution is 6.31. The van der Waals surface area contributed by atoms with Crippen LogP contribution in [0.5, 0.6) is 0 Å². The van der Waals surface area contributed by atoms with Gasteiger partial charge < -0.3 is 9.47 Å². The molecule has 0 N–H and O–H groups in total. The molecular weight excluding hydrogens is 433 g/mol.